The van der Waals surface area contributed by atoms with Gasteiger partial charge in [0.15, 0.2) is 0 Å². The van der Waals surface area contributed by atoms with Gasteiger partial charge in [-0.25, -0.2) is 0 Å². The van der Waals surface area contributed by atoms with Gasteiger partial charge in [0.25, 0.3) is 0 Å². The van der Waals surface area contributed by atoms with Gasteiger partial charge in [0.1, 0.15) is 5.76 Å². The topological polar surface area (TPSA) is 35.0 Å². The van der Waals surface area contributed by atoms with E-state index in [-0.39, 0.29) is 0 Å². The lowest BCUT2D eigenvalue weighted by molar-refractivity contribution is 0.296. The van der Waals surface area contributed by atoms with Gasteiger partial charge in [0.2, 0.25) is 0 Å². The Morgan fingerprint density at radius 3 is 2.66 bits per heavy atom. The molecule has 0 saturated heterocycles. The average Bonchev–Trinajstić information content (AvgIpc) is 2.78. The van der Waals surface area contributed by atoms with Crippen molar-refractivity contribution in [2.75, 3.05) is 7.11 Å². The van der Waals surface area contributed by atoms with Gasteiger partial charge in [0, 0.05) is 34.8 Å². The van der Waals surface area contributed by atoms with E-state index < -0.39 is 0 Å². The number of aryl methyl sites for hydroxylation is 2. The van der Waals surface area contributed by atoms with Crippen LogP contribution in [0.5, 0.6) is 0 Å². The summed E-state index contributed by atoms with van der Waals surface area (Å²) in [5.74, 6) is 1.43. The van der Waals surface area contributed by atoms with E-state index in [1.807, 2.05) is 38.4 Å². The number of hydrogen-bond acceptors (Lipinski definition) is 3. The smallest absolute Gasteiger partial charge is 0.101 e. The van der Waals surface area contributed by atoms with Crippen LogP contribution in [0.1, 0.15) is 56.1 Å². The molecular weight excluding hydrogens is 392 g/mol. The van der Waals surface area contributed by atoms with Gasteiger partial charge >= 0.3 is 0 Å². The molecule has 2 aromatic rings. The highest BCUT2D eigenvalue weighted by Crippen LogP contribution is 2.32. The van der Waals surface area contributed by atoms with E-state index >= 15 is 0 Å². The molecule has 2 aromatic heterocycles. The molecule has 1 aliphatic carbocycles. The van der Waals surface area contributed by atoms with Crippen LogP contribution in [-0.2, 0) is 11.2 Å². The first-order valence-corrected chi connectivity index (χ1v) is 11.3. The van der Waals surface area contributed by atoms with Gasteiger partial charge in [-0.2, -0.15) is 0 Å². The monoisotopic (exact) mass is 426 g/mol. The van der Waals surface area contributed by atoms with E-state index in [1.165, 1.54) is 11.1 Å². The molecule has 2 heterocycles. The first-order valence-electron chi connectivity index (χ1n) is 11.3. The van der Waals surface area contributed by atoms with Crippen LogP contribution in [-0.4, -0.2) is 17.1 Å². The molecule has 32 heavy (non-hydrogen) atoms. The van der Waals surface area contributed by atoms with Crippen molar-refractivity contribution in [2.45, 2.75) is 47.0 Å². The fraction of sp³-hybridized carbons (Fsp3) is 0.310. The fourth-order valence-electron chi connectivity index (χ4n) is 4.03. The van der Waals surface area contributed by atoms with Crippen LogP contribution in [0.15, 0.2) is 84.4 Å². The maximum Gasteiger partial charge on any atom is 0.101 e. The molecule has 0 amide bonds. The van der Waals surface area contributed by atoms with Crippen LogP contribution in [0.3, 0.4) is 0 Å². The van der Waals surface area contributed by atoms with Crippen LogP contribution in [0.25, 0.3) is 11.1 Å². The summed E-state index contributed by atoms with van der Waals surface area (Å²) in [6.07, 6.45) is 15.8. The SMILES string of the molecule is C=C(C)/C(=C(/C)OC)c1cnc(/C(=C\CCc2ccccn2)C2=CCC(C)C=C2)c(C)c1. The summed E-state index contributed by atoms with van der Waals surface area (Å²) in [4.78, 5) is 9.39. The fourth-order valence-corrected chi connectivity index (χ4v) is 4.03. The Morgan fingerprint density at radius 2 is 2.06 bits per heavy atom. The molecule has 1 unspecified atom stereocenters. The van der Waals surface area contributed by atoms with Gasteiger partial charge < -0.3 is 4.74 Å². The van der Waals surface area contributed by atoms with E-state index in [0.29, 0.717) is 5.92 Å². The van der Waals surface area contributed by atoms with Crippen molar-refractivity contribution in [3.8, 4) is 0 Å². The molecule has 3 heteroatoms. The largest absolute Gasteiger partial charge is 0.501 e. The quantitative estimate of drug-likeness (QED) is 0.329. The molecule has 0 radical (unpaired) electrons. The second-order valence-electron chi connectivity index (χ2n) is 8.51. The second kappa shape index (κ2) is 10.9. The summed E-state index contributed by atoms with van der Waals surface area (Å²) in [6.45, 7) is 12.5. The van der Waals surface area contributed by atoms with Crippen LogP contribution in [0, 0.1) is 12.8 Å². The van der Waals surface area contributed by atoms with Gasteiger partial charge in [-0.05, 0) is 80.9 Å². The van der Waals surface area contributed by atoms with Crippen molar-refractivity contribution >= 4 is 11.1 Å². The first-order chi connectivity index (χ1) is 15.4. The number of allylic oxidation sites excluding steroid dienone is 9. The number of hydrogen-bond donors (Lipinski definition) is 0. The Kier molecular flexibility index (Phi) is 7.99. The molecule has 166 valence electrons. The van der Waals surface area contributed by atoms with Crippen LogP contribution in [0.4, 0.5) is 0 Å². The van der Waals surface area contributed by atoms with Crippen molar-refractivity contribution in [3.05, 3.63) is 107 Å². The lowest BCUT2D eigenvalue weighted by Crippen LogP contribution is -2.03. The zero-order valence-corrected chi connectivity index (χ0v) is 20.0. The minimum absolute atomic E-state index is 0.574. The van der Waals surface area contributed by atoms with Gasteiger partial charge in [-0.1, -0.05) is 43.9 Å². The number of rotatable bonds is 8. The number of methoxy groups -OCH3 is 1. The Hall–Kier alpha value is -3.20. The zero-order chi connectivity index (χ0) is 23.1. The molecule has 1 aliphatic rings. The van der Waals surface area contributed by atoms with Crippen molar-refractivity contribution in [3.63, 3.8) is 0 Å². The average molecular weight is 427 g/mol. The van der Waals surface area contributed by atoms with Gasteiger partial charge in [-0.3, -0.25) is 9.97 Å². The Morgan fingerprint density at radius 1 is 1.25 bits per heavy atom. The molecule has 0 spiro atoms. The molecule has 3 nitrogen and oxygen atoms in total. The third-order valence-corrected chi connectivity index (χ3v) is 5.81. The van der Waals surface area contributed by atoms with Gasteiger partial charge in [-0.15, -0.1) is 0 Å². The van der Waals surface area contributed by atoms with Crippen molar-refractivity contribution < 1.29 is 4.74 Å². The molecule has 0 saturated carbocycles. The summed E-state index contributed by atoms with van der Waals surface area (Å²) in [7, 11) is 1.69. The Bertz CT molecular complexity index is 1090. The summed E-state index contributed by atoms with van der Waals surface area (Å²) >= 11 is 0. The zero-order valence-electron chi connectivity index (χ0n) is 20.0. The molecule has 0 bridgehead atoms. The minimum atomic E-state index is 0.574. The minimum Gasteiger partial charge on any atom is -0.501 e. The number of aromatic nitrogens is 2. The van der Waals surface area contributed by atoms with E-state index in [2.05, 4.69) is 61.8 Å². The molecule has 3 rings (SSSR count). The number of nitrogens with zero attached hydrogens (tertiary/aromatic N) is 2. The second-order valence-corrected chi connectivity index (χ2v) is 8.51. The van der Waals surface area contributed by atoms with Crippen molar-refractivity contribution in [1.82, 2.24) is 9.97 Å². The van der Waals surface area contributed by atoms with Crippen LogP contribution < -0.4 is 0 Å². The van der Waals surface area contributed by atoms with Crippen molar-refractivity contribution in [1.29, 1.82) is 0 Å². The molecule has 0 aliphatic heterocycles. The maximum absolute atomic E-state index is 5.50. The van der Waals surface area contributed by atoms with E-state index in [1.54, 1.807) is 7.11 Å². The third kappa shape index (κ3) is 5.73. The summed E-state index contributed by atoms with van der Waals surface area (Å²) in [5, 5.41) is 0. The third-order valence-electron chi connectivity index (χ3n) is 5.81. The predicted octanol–water partition coefficient (Wildman–Crippen LogP) is 7.28. The first kappa shape index (κ1) is 23.5. The number of pyridine rings is 2. The summed E-state index contributed by atoms with van der Waals surface area (Å²) in [5.41, 5.74) is 8.73. The number of ether oxygens (including phenoxy) is 1. The molecule has 0 aromatic carbocycles. The maximum atomic E-state index is 5.50. The molecule has 1 atom stereocenters. The van der Waals surface area contributed by atoms with E-state index in [0.717, 1.165) is 58.7 Å². The normalized spacial score (nSPS) is 17.0. The Balaban J connectivity index is 1.98. The van der Waals surface area contributed by atoms with E-state index in [9.17, 15) is 0 Å². The highest BCUT2D eigenvalue weighted by Gasteiger charge is 2.16. The van der Waals surface area contributed by atoms with Gasteiger partial charge in [0.05, 0.1) is 12.8 Å². The highest BCUT2D eigenvalue weighted by atomic mass is 16.5. The highest BCUT2D eigenvalue weighted by molar-refractivity contribution is 5.84. The molecule has 0 N–H and O–H groups in total. The lowest BCUT2D eigenvalue weighted by atomic mass is 9.89. The summed E-state index contributed by atoms with van der Waals surface area (Å²) < 4.78 is 5.50. The summed E-state index contributed by atoms with van der Waals surface area (Å²) in [6, 6.07) is 8.27. The van der Waals surface area contributed by atoms with Crippen molar-refractivity contribution in [2.24, 2.45) is 5.92 Å². The van der Waals surface area contributed by atoms with Crippen LogP contribution >= 0.6 is 0 Å². The van der Waals surface area contributed by atoms with Crippen LogP contribution in [0.2, 0.25) is 0 Å². The molecular formula is C29H34N2O. The lowest BCUT2D eigenvalue weighted by Gasteiger charge is -2.18. The molecule has 0 fully saturated rings. The van der Waals surface area contributed by atoms with E-state index in [4.69, 9.17) is 9.72 Å². The predicted molar refractivity (Wildman–Crippen MR) is 135 cm³/mol. The Labute approximate surface area is 193 Å². The standard InChI is InChI=1S/C29H34N2O/c1-20(2)28(23(5)32-6)25-18-22(4)29(31-19-25)27(24-15-13-21(3)14-16-24)12-9-11-26-10-7-8-17-30-26/h7-8,10,12-13,15-19,21H,1,9,11,14H2,2-6H3/b27-12-,28-23+.